The van der Waals surface area contributed by atoms with Crippen molar-refractivity contribution in [2.75, 3.05) is 7.11 Å². The lowest BCUT2D eigenvalue weighted by Crippen LogP contribution is -2.29. The summed E-state index contributed by atoms with van der Waals surface area (Å²) in [4.78, 5) is 11.9. The van der Waals surface area contributed by atoms with E-state index in [0.29, 0.717) is 6.54 Å². The van der Waals surface area contributed by atoms with Gasteiger partial charge in [0.1, 0.15) is 5.75 Å². The highest BCUT2D eigenvalue weighted by molar-refractivity contribution is 5.79. The molecule has 0 aromatic heterocycles. The van der Waals surface area contributed by atoms with Gasteiger partial charge in [-0.2, -0.15) is 0 Å². The molecule has 1 fully saturated rings. The van der Waals surface area contributed by atoms with Crippen LogP contribution in [0, 0.1) is 5.92 Å². The van der Waals surface area contributed by atoms with Gasteiger partial charge < -0.3 is 15.8 Å². The zero-order valence-corrected chi connectivity index (χ0v) is 10.7. The van der Waals surface area contributed by atoms with Gasteiger partial charge in [-0.1, -0.05) is 12.1 Å². The Morgan fingerprint density at radius 3 is 3.00 bits per heavy atom. The number of carbonyl (C=O) groups excluding carboxylic acids is 1. The molecule has 1 aliphatic carbocycles. The number of ether oxygens (including phenoxy) is 1. The summed E-state index contributed by atoms with van der Waals surface area (Å²) in [6.45, 7) is 0.543. The second-order valence-electron chi connectivity index (χ2n) is 4.84. The molecule has 98 valence electrons. The van der Waals surface area contributed by atoms with Gasteiger partial charge in [0.25, 0.3) is 0 Å². The predicted octanol–water partition coefficient (Wildman–Crippen LogP) is 1.44. The zero-order valence-electron chi connectivity index (χ0n) is 10.7. The van der Waals surface area contributed by atoms with Crippen LogP contribution in [0.2, 0.25) is 0 Å². The number of hydrogen-bond donors (Lipinski definition) is 2. The maximum atomic E-state index is 11.9. The van der Waals surface area contributed by atoms with Crippen molar-refractivity contribution in [2.45, 2.75) is 31.8 Å². The molecule has 1 aromatic rings. The highest BCUT2D eigenvalue weighted by Crippen LogP contribution is 2.24. The summed E-state index contributed by atoms with van der Waals surface area (Å²) in [5.74, 6) is 1.01. The van der Waals surface area contributed by atoms with E-state index < -0.39 is 0 Å². The Morgan fingerprint density at radius 1 is 1.50 bits per heavy atom. The van der Waals surface area contributed by atoms with Crippen LogP contribution >= 0.6 is 0 Å². The Labute approximate surface area is 108 Å². The van der Waals surface area contributed by atoms with Crippen LogP contribution in [0.5, 0.6) is 5.75 Å². The second kappa shape index (κ2) is 5.87. The molecule has 1 saturated carbocycles. The van der Waals surface area contributed by atoms with Gasteiger partial charge in [0.2, 0.25) is 5.91 Å². The van der Waals surface area contributed by atoms with Gasteiger partial charge in [0, 0.05) is 18.5 Å². The Hall–Kier alpha value is -1.55. The van der Waals surface area contributed by atoms with Gasteiger partial charge in [0.15, 0.2) is 0 Å². The molecule has 1 aromatic carbocycles. The van der Waals surface area contributed by atoms with Crippen LogP contribution in [-0.4, -0.2) is 19.1 Å². The minimum atomic E-state index is 0.0885. The van der Waals surface area contributed by atoms with Gasteiger partial charge >= 0.3 is 0 Å². The summed E-state index contributed by atoms with van der Waals surface area (Å²) in [5.41, 5.74) is 6.86. The molecule has 0 bridgehead atoms. The van der Waals surface area contributed by atoms with E-state index in [-0.39, 0.29) is 17.9 Å². The number of rotatable bonds is 4. The smallest absolute Gasteiger partial charge is 0.223 e. The number of methoxy groups -OCH3 is 1. The van der Waals surface area contributed by atoms with E-state index in [2.05, 4.69) is 5.32 Å². The summed E-state index contributed by atoms with van der Waals surface area (Å²) < 4.78 is 5.15. The molecule has 0 spiro atoms. The molecule has 4 nitrogen and oxygen atoms in total. The molecule has 0 heterocycles. The van der Waals surface area contributed by atoms with Crippen molar-refractivity contribution in [1.29, 1.82) is 0 Å². The molecular weight excluding hydrogens is 228 g/mol. The Bertz CT molecular complexity index is 420. The van der Waals surface area contributed by atoms with Gasteiger partial charge in [0.05, 0.1) is 7.11 Å². The third-order valence-electron chi connectivity index (χ3n) is 3.44. The van der Waals surface area contributed by atoms with Crippen molar-refractivity contribution in [3.63, 3.8) is 0 Å². The number of carbonyl (C=O) groups is 1. The SMILES string of the molecule is COc1cccc(CNC(=O)C2CCC(N)C2)c1. The summed E-state index contributed by atoms with van der Waals surface area (Å²) >= 11 is 0. The average molecular weight is 248 g/mol. The Kier molecular flexibility index (Phi) is 4.20. The van der Waals surface area contributed by atoms with E-state index in [1.165, 1.54) is 0 Å². The van der Waals surface area contributed by atoms with Crippen molar-refractivity contribution < 1.29 is 9.53 Å². The minimum Gasteiger partial charge on any atom is -0.497 e. The summed E-state index contributed by atoms with van der Waals surface area (Å²) in [7, 11) is 1.64. The zero-order chi connectivity index (χ0) is 13.0. The van der Waals surface area contributed by atoms with Crippen LogP contribution in [0.25, 0.3) is 0 Å². The van der Waals surface area contributed by atoms with E-state index in [9.17, 15) is 4.79 Å². The summed E-state index contributed by atoms with van der Waals surface area (Å²) in [6.07, 6.45) is 2.67. The molecule has 1 amide bonds. The lowest BCUT2D eigenvalue weighted by Gasteiger charge is -2.11. The highest BCUT2D eigenvalue weighted by atomic mass is 16.5. The van der Waals surface area contributed by atoms with E-state index in [0.717, 1.165) is 30.6 Å². The van der Waals surface area contributed by atoms with Crippen molar-refractivity contribution in [3.05, 3.63) is 29.8 Å². The van der Waals surface area contributed by atoms with Gasteiger partial charge in [-0.25, -0.2) is 0 Å². The molecule has 4 heteroatoms. The number of amides is 1. The maximum Gasteiger partial charge on any atom is 0.223 e. The number of hydrogen-bond acceptors (Lipinski definition) is 3. The number of benzene rings is 1. The maximum absolute atomic E-state index is 11.9. The van der Waals surface area contributed by atoms with Crippen LogP contribution in [-0.2, 0) is 11.3 Å². The topological polar surface area (TPSA) is 64.3 Å². The van der Waals surface area contributed by atoms with Crippen LogP contribution < -0.4 is 15.8 Å². The molecule has 18 heavy (non-hydrogen) atoms. The standard InChI is InChI=1S/C14H20N2O2/c1-18-13-4-2-3-10(7-13)9-16-14(17)11-5-6-12(15)8-11/h2-4,7,11-12H,5-6,8-9,15H2,1H3,(H,16,17). The molecule has 1 aliphatic rings. The quantitative estimate of drug-likeness (QED) is 0.847. The largest absolute Gasteiger partial charge is 0.497 e. The van der Waals surface area contributed by atoms with Gasteiger partial charge in [-0.05, 0) is 37.0 Å². The monoisotopic (exact) mass is 248 g/mol. The molecule has 0 saturated heterocycles. The normalized spacial score (nSPS) is 22.8. The van der Waals surface area contributed by atoms with Crippen LogP contribution in [0.15, 0.2) is 24.3 Å². The van der Waals surface area contributed by atoms with Crippen molar-refractivity contribution >= 4 is 5.91 Å². The summed E-state index contributed by atoms with van der Waals surface area (Å²) in [6, 6.07) is 7.91. The third-order valence-corrected chi connectivity index (χ3v) is 3.44. The van der Waals surface area contributed by atoms with E-state index >= 15 is 0 Å². The van der Waals surface area contributed by atoms with E-state index in [4.69, 9.17) is 10.5 Å². The van der Waals surface area contributed by atoms with Crippen LogP contribution in [0.1, 0.15) is 24.8 Å². The van der Waals surface area contributed by atoms with Crippen molar-refractivity contribution in [3.8, 4) is 5.75 Å². The van der Waals surface area contributed by atoms with Gasteiger partial charge in [-0.15, -0.1) is 0 Å². The van der Waals surface area contributed by atoms with Crippen molar-refractivity contribution in [2.24, 2.45) is 11.7 Å². The van der Waals surface area contributed by atoms with E-state index in [1.807, 2.05) is 24.3 Å². The molecule has 2 rings (SSSR count). The number of nitrogens with two attached hydrogens (primary N) is 1. The second-order valence-corrected chi connectivity index (χ2v) is 4.84. The first-order valence-electron chi connectivity index (χ1n) is 6.35. The first kappa shape index (κ1) is 12.9. The van der Waals surface area contributed by atoms with Gasteiger partial charge in [-0.3, -0.25) is 4.79 Å². The highest BCUT2D eigenvalue weighted by Gasteiger charge is 2.27. The molecular formula is C14H20N2O2. The summed E-state index contributed by atoms with van der Waals surface area (Å²) in [5, 5.41) is 2.96. The lowest BCUT2D eigenvalue weighted by molar-refractivity contribution is -0.125. The average Bonchev–Trinajstić information content (AvgIpc) is 2.83. The fraction of sp³-hybridized carbons (Fsp3) is 0.500. The Morgan fingerprint density at radius 2 is 2.33 bits per heavy atom. The first-order chi connectivity index (χ1) is 8.69. The molecule has 0 radical (unpaired) electrons. The predicted molar refractivity (Wildman–Crippen MR) is 70.2 cm³/mol. The van der Waals surface area contributed by atoms with Crippen LogP contribution in [0.3, 0.4) is 0 Å². The molecule has 2 unspecified atom stereocenters. The molecule has 2 atom stereocenters. The Balaban J connectivity index is 1.85. The number of nitrogens with one attached hydrogen (secondary N) is 1. The van der Waals surface area contributed by atoms with Crippen molar-refractivity contribution in [1.82, 2.24) is 5.32 Å². The van der Waals surface area contributed by atoms with E-state index in [1.54, 1.807) is 7.11 Å². The fourth-order valence-corrected chi connectivity index (χ4v) is 2.37. The third kappa shape index (κ3) is 3.23. The molecule has 3 N–H and O–H groups in total. The lowest BCUT2D eigenvalue weighted by atomic mass is 10.1. The fourth-order valence-electron chi connectivity index (χ4n) is 2.37. The minimum absolute atomic E-state index is 0.0885. The van der Waals surface area contributed by atoms with Crippen LogP contribution in [0.4, 0.5) is 0 Å². The first-order valence-corrected chi connectivity index (χ1v) is 6.35. The molecule has 0 aliphatic heterocycles.